The van der Waals surface area contributed by atoms with Crippen LogP contribution < -0.4 is 0 Å². The molecule has 0 saturated heterocycles. The fourth-order valence-electron chi connectivity index (χ4n) is 1.86. The second-order valence-corrected chi connectivity index (χ2v) is 6.69. The summed E-state index contributed by atoms with van der Waals surface area (Å²) < 4.78 is 1.71. The molecule has 0 spiro atoms. The third-order valence-corrected chi connectivity index (χ3v) is 4.36. The van der Waals surface area contributed by atoms with Gasteiger partial charge in [0.15, 0.2) is 0 Å². The fraction of sp³-hybridized carbons (Fsp3) is 0.533. The van der Waals surface area contributed by atoms with E-state index in [2.05, 4.69) is 34.6 Å². The topological polar surface area (TPSA) is 63.8 Å². The number of aryl methyl sites for hydroxylation is 1. The predicted molar refractivity (Wildman–Crippen MR) is 84.8 cm³/mol. The first-order chi connectivity index (χ1) is 9.99. The summed E-state index contributed by atoms with van der Waals surface area (Å²) in [6.45, 7) is 5.74. The third kappa shape index (κ3) is 4.82. The normalized spacial score (nSPS) is 11.8. The molecule has 0 saturated carbocycles. The summed E-state index contributed by atoms with van der Waals surface area (Å²) in [6, 6.07) is 8.32. The molecule has 0 aliphatic heterocycles. The average Bonchev–Trinajstić information content (AvgIpc) is 2.91. The molecule has 0 fully saturated rings. The maximum atomic E-state index is 9.80. The van der Waals surface area contributed by atoms with Gasteiger partial charge in [0.25, 0.3) is 0 Å². The molecule has 0 amide bonds. The van der Waals surface area contributed by atoms with Crippen molar-refractivity contribution in [1.29, 1.82) is 0 Å². The van der Waals surface area contributed by atoms with Gasteiger partial charge in [-0.25, -0.2) is 0 Å². The first-order valence-electron chi connectivity index (χ1n) is 7.22. The van der Waals surface area contributed by atoms with Crippen LogP contribution in [0, 0.1) is 0 Å². The van der Waals surface area contributed by atoms with Crippen LogP contribution >= 0.6 is 11.8 Å². The zero-order chi connectivity index (χ0) is 15.3. The van der Waals surface area contributed by atoms with E-state index >= 15 is 0 Å². The number of aromatic nitrogens is 4. The lowest BCUT2D eigenvalue weighted by atomic mass is 10.1. The Morgan fingerprint density at radius 1 is 1.24 bits per heavy atom. The SMILES string of the molecule is CCCCc1ccc(-n2nnnc2SCC(C)(C)O)cc1. The minimum atomic E-state index is -0.745. The largest absolute Gasteiger partial charge is 0.390 e. The zero-order valence-corrected chi connectivity index (χ0v) is 13.6. The molecule has 114 valence electrons. The van der Waals surface area contributed by atoms with Gasteiger partial charge < -0.3 is 5.11 Å². The van der Waals surface area contributed by atoms with Gasteiger partial charge in [-0.05, 0) is 54.8 Å². The summed E-state index contributed by atoms with van der Waals surface area (Å²) in [4.78, 5) is 0. The molecule has 2 rings (SSSR count). The standard InChI is InChI=1S/C15H22N4OS/c1-4-5-6-12-7-9-13(10-8-12)19-14(16-17-18-19)21-11-15(2,3)20/h7-10,20H,4-6,11H2,1-3H3. The summed E-state index contributed by atoms with van der Waals surface area (Å²) in [5, 5.41) is 22.3. The summed E-state index contributed by atoms with van der Waals surface area (Å²) in [7, 11) is 0. The van der Waals surface area contributed by atoms with Crippen LogP contribution in [0.1, 0.15) is 39.2 Å². The van der Waals surface area contributed by atoms with E-state index in [1.807, 2.05) is 12.1 Å². The first kappa shape index (κ1) is 16.0. The van der Waals surface area contributed by atoms with Crippen molar-refractivity contribution >= 4 is 11.8 Å². The van der Waals surface area contributed by atoms with E-state index < -0.39 is 5.60 Å². The summed E-state index contributed by atoms with van der Waals surface area (Å²) in [5.74, 6) is 0.544. The Morgan fingerprint density at radius 2 is 1.95 bits per heavy atom. The van der Waals surface area contributed by atoms with Crippen LogP contribution in [-0.4, -0.2) is 36.7 Å². The number of unbranched alkanes of at least 4 members (excludes halogenated alkanes) is 1. The van der Waals surface area contributed by atoms with Gasteiger partial charge in [0.1, 0.15) is 0 Å². The lowest BCUT2D eigenvalue weighted by Gasteiger charge is -2.15. The van der Waals surface area contributed by atoms with Crippen molar-refractivity contribution < 1.29 is 5.11 Å². The van der Waals surface area contributed by atoms with E-state index in [1.54, 1.807) is 18.5 Å². The van der Waals surface area contributed by atoms with E-state index in [9.17, 15) is 5.11 Å². The van der Waals surface area contributed by atoms with Crippen LogP contribution in [0.15, 0.2) is 29.4 Å². The maximum absolute atomic E-state index is 9.80. The molecule has 0 unspecified atom stereocenters. The second-order valence-electron chi connectivity index (χ2n) is 5.74. The van der Waals surface area contributed by atoms with Crippen LogP contribution in [0.25, 0.3) is 5.69 Å². The fourth-order valence-corrected chi connectivity index (χ4v) is 2.70. The van der Waals surface area contributed by atoms with E-state index in [0.29, 0.717) is 10.9 Å². The lowest BCUT2D eigenvalue weighted by Crippen LogP contribution is -2.22. The maximum Gasteiger partial charge on any atom is 0.214 e. The number of aliphatic hydroxyl groups is 1. The number of tetrazole rings is 1. The molecule has 6 heteroatoms. The van der Waals surface area contributed by atoms with Crippen molar-refractivity contribution in [3.8, 4) is 5.69 Å². The van der Waals surface area contributed by atoms with Crippen LogP contribution in [0.5, 0.6) is 0 Å². The third-order valence-electron chi connectivity index (χ3n) is 3.00. The van der Waals surface area contributed by atoms with Gasteiger partial charge in [-0.2, -0.15) is 4.68 Å². The zero-order valence-electron chi connectivity index (χ0n) is 12.8. The van der Waals surface area contributed by atoms with E-state index in [4.69, 9.17) is 0 Å². The molecule has 0 atom stereocenters. The van der Waals surface area contributed by atoms with Crippen LogP contribution in [0.3, 0.4) is 0 Å². The van der Waals surface area contributed by atoms with Gasteiger partial charge in [-0.15, -0.1) is 5.10 Å². The highest BCUT2D eigenvalue weighted by molar-refractivity contribution is 7.99. The smallest absolute Gasteiger partial charge is 0.214 e. The average molecular weight is 306 g/mol. The second kappa shape index (κ2) is 7.04. The van der Waals surface area contributed by atoms with Gasteiger partial charge in [-0.1, -0.05) is 37.2 Å². The minimum Gasteiger partial charge on any atom is -0.390 e. The molecule has 2 aromatic rings. The molecule has 1 aromatic heterocycles. The Morgan fingerprint density at radius 3 is 2.57 bits per heavy atom. The van der Waals surface area contributed by atoms with Crippen molar-refractivity contribution in [3.05, 3.63) is 29.8 Å². The molecule has 0 bridgehead atoms. The van der Waals surface area contributed by atoms with Crippen molar-refractivity contribution in [3.63, 3.8) is 0 Å². The van der Waals surface area contributed by atoms with Crippen LogP contribution in [-0.2, 0) is 6.42 Å². The van der Waals surface area contributed by atoms with Gasteiger partial charge in [0.2, 0.25) is 5.16 Å². The molecule has 1 heterocycles. The Kier molecular flexibility index (Phi) is 5.36. The van der Waals surface area contributed by atoms with E-state index in [-0.39, 0.29) is 0 Å². The van der Waals surface area contributed by atoms with Crippen LogP contribution in [0.4, 0.5) is 0 Å². The predicted octanol–water partition coefficient (Wildman–Crippen LogP) is 2.87. The number of hydrogen-bond donors (Lipinski definition) is 1. The molecular formula is C15H22N4OS. The Hall–Kier alpha value is -1.40. The van der Waals surface area contributed by atoms with Crippen molar-refractivity contribution in [1.82, 2.24) is 20.2 Å². The van der Waals surface area contributed by atoms with Crippen LogP contribution in [0.2, 0.25) is 0 Å². The highest BCUT2D eigenvalue weighted by Gasteiger charge is 2.16. The van der Waals surface area contributed by atoms with Gasteiger partial charge in [0.05, 0.1) is 11.3 Å². The quantitative estimate of drug-likeness (QED) is 0.797. The monoisotopic (exact) mass is 306 g/mol. The Labute approximate surface area is 129 Å². The van der Waals surface area contributed by atoms with Crippen molar-refractivity contribution in [2.24, 2.45) is 0 Å². The Balaban J connectivity index is 2.09. The number of nitrogens with zero attached hydrogens (tertiary/aromatic N) is 4. The molecule has 1 aromatic carbocycles. The van der Waals surface area contributed by atoms with Crippen molar-refractivity contribution in [2.45, 2.75) is 50.8 Å². The molecule has 5 nitrogen and oxygen atoms in total. The molecule has 0 aliphatic rings. The first-order valence-corrected chi connectivity index (χ1v) is 8.21. The molecule has 0 aliphatic carbocycles. The van der Waals surface area contributed by atoms with E-state index in [0.717, 1.165) is 12.1 Å². The van der Waals surface area contributed by atoms with Crippen molar-refractivity contribution in [2.75, 3.05) is 5.75 Å². The summed E-state index contributed by atoms with van der Waals surface area (Å²) in [6.07, 6.45) is 3.51. The highest BCUT2D eigenvalue weighted by atomic mass is 32.2. The molecular weight excluding hydrogens is 284 g/mol. The lowest BCUT2D eigenvalue weighted by molar-refractivity contribution is 0.107. The Bertz CT molecular complexity index is 560. The van der Waals surface area contributed by atoms with Gasteiger partial charge >= 0.3 is 0 Å². The highest BCUT2D eigenvalue weighted by Crippen LogP contribution is 2.22. The summed E-state index contributed by atoms with van der Waals surface area (Å²) >= 11 is 1.45. The number of benzene rings is 1. The molecule has 21 heavy (non-hydrogen) atoms. The summed E-state index contributed by atoms with van der Waals surface area (Å²) in [5.41, 5.74) is 1.53. The number of hydrogen-bond acceptors (Lipinski definition) is 5. The van der Waals surface area contributed by atoms with Gasteiger partial charge in [-0.3, -0.25) is 0 Å². The number of thioether (sulfide) groups is 1. The number of rotatable bonds is 7. The molecule has 1 N–H and O–H groups in total. The van der Waals surface area contributed by atoms with E-state index in [1.165, 1.54) is 30.2 Å². The minimum absolute atomic E-state index is 0.544. The van der Waals surface area contributed by atoms with Gasteiger partial charge in [0, 0.05) is 5.75 Å². The molecule has 0 radical (unpaired) electrons.